The van der Waals surface area contributed by atoms with Crippen LogP contribution in [0.5, 0.6) is 11.5 Å². The first-order valence-corrected chi connectivity index (χ1v) is 13.7. The summed E-state index contributed by atoms with van der Waals surface area (Å²) in [6.45, 7) is 9.54. The number of halogens is 1. The molecule has 5 rings (SSSR count). The maximum absolute atomic E-state index is 13.9. The fourth-order valence-electron chi connectivity index (χ4n) is 4.88. The standard InChI is InChI=1S/C32H32ClNO5/c1-5-37-27-16-22(10-12-26(27)38-15-14-19(2)3)29-28-30(35)24-17-23(33)11-13-25(24)39-31(28)32(36)34(29)18-21-8-6-20(4)7-9-21/h6-13,16-17,19,29H,5,14-15,18H2,1-4H3. The number of benzene rings is 3. The minimum absolute atomic E-state index is 0.0575. The van der Waals surface area contributed by atoms with E-state index < -0.39 is 6.04 Å². The molecule has 1 atom stereocenters. The highest BCUT2D eigenvalue weighted by Crippen LogP contribution is 2.42. The van der Waals surface area contributed by atoms with Crippen LogP contribution in [-0.2, 0) is 6.54 Å². The highest BCUT2D eigenvalue weighted by atomic mass is 35.5. The summed E-state index contributed by atoms with van der Waals surface area (Å²) in [6.07, 6.45) is 0.916. The fraction of sp³-hybridized carbons (Fsp3) is 0.312. The Morgan fingerprint density at radius 3 is 2.46 bits per heavy atom. The molecule has 1 aliphatic heterocycles. The summed E-state index contributed by atoms with van der Waals surface area (Å²) in [7, 11) is 0. The van der Waals surface area contributed by atoms with E-state index in [9.17, 15) is 9.59 Å². The molecular formula is C32H32ClNO5. The van der Waals surface area contributed by atoms with E-state index in [-0.39, 0.29) is 17.1 Å². The highest BCUT2D eigenvalue weighted by Gasteiger charge is 2.43. The van der Waals surface area contributed by atoms with Gasteiger partial charge in [-0.25, -0.2) is 0 Å². The minimum Gasteiger partial charge on any atom is -0.490 e. The van der Waals surface area contributed by atoms with Gasteiger partial charge >= 0.3 is 0 Å². The topological polar surface area (TPSA) is 69.0 Å². The maximum atomic E-state index is 13.9. The Hall–Kier alpha value is -3.77. The highest BCUT2D eigenvalue weighted by molar-refractivity contribution is 6.31. The molecule has 6 nitrogen and oxygen atoms in total. The predicted octanol–water partition coefficient (Wildman–Crippen LogP) is 7.32. The summed E-state index contributed by atoms with van der Waals surface area (Å²) < 4.78 is 18.0. The molecule has 7 heteroatoms. The number of hydrogen-bond acceptors (Lipinski definition) is 5. The van der Waals surface area contributed by atoms with Gasteiger partial charge in [-0.2, -0.15) is 0 Å². The molecule has 1 aromatic heterocycles. The van der Waals surface area contributed by atoms with E-state index in [0.29, 0.717) is 58.7 Å². The first-order valence-electron chi connectivity index (χ1n) is 13.3. The van der Waals surface area contributed by atoms with Crippen molar-refractivity contribution >= 4 is 28.5 Å². The minimum atomic E-state index is -0.669. The summed E-state index contributed by atoms with van der Waals surface area (Å²) in [4.78, 5) is 29.4. The van der Waals surface area contributed by atoms with Gasteiger partial charge in [0, 0.05) is 11.6 Å². The number of amides is 1. The summed E-state index contributed by atoms with van der Waals surface area (Å²) in [5.41, 5.74) is 3.18. The molecule has 3 aromatic carbocycles. The van der Waals surface area contributed by atoms with E-state index in [4.69, 9.17) is 25.5 Å². The van der Waals surface area contributed by atoms with Crippen molar-refractivity contribution in [3.05, 3.63) is 104 Å². The Bertz CT molecular complexity index is 1570. The summed E-state index contributed by atoms with van der Waals surface area (Å²) in [5, 5.41) is 0.767. The Kier molecular flexibility index (Phi) is 7.67. The van der Waals surface area contributed by atoms with Crippen LogP contribution in [0.2, 0.25) is 5.02 Å². The van der Waals surface area contributed by atoms with E-state index >= 15 is 0 Å². The van der Waals surface area contributed by atoms with Crippen molar-refractivity contribution in [3.8, 4) is 11.5 Å². The van der Waals surface area contributed by atoms with Crippen molar-refractivity contribution in [1.29, 1.82) is 0 Å². The van der Waals surface area contributed by atoms with E-state index in [1.165, 1.54) is 0 Å². The molecule has 0 saturated carbocycles. The van der Waals surface area contributed by atoms with Crippen LogP contribution in [0.3, 0.4) is 0 Å². The molecular weight excluding hydrogens is 514 g/mol. The molecule has 0 aliphatic carbocycles. The fourth-order valence-corrected chi connectivity index (χ4v) is 5.05. The van der Waals surface area contributed by atoms with Gasteiger partial charge in [0.05, 0.1) is 30.2 Å². The van der Waals surface area contributed by atoms with Gasteiger partial charge in [-0.1, -0.05) is 61.3 Å². The quantitative estimate of drug-likeness (QED) is 0.220. The van der Waals surface area contributed by atoms with Gasteiger partial charge in [-0.05, 0) is 67.6 Å². The predicted molar refractivity (Wildman–Crippen MR) is 153 cm³/mol. The van der Waals surface area contributed by atoms with E-state index in [1.807, 2.05) is 56.3 Å². The molecule has 0 bridgehead atoms. The summed E-state index contributed by atoms with van der Waals surface area (Å²) >= 11 is 6.22. The molecule has 0 spiro atoms. The number of hydrogen-bond donors (Lipinski definition) is 0. The third-order valence-corrected chi connectivity index (χ3v) is 7.17. The Labute approximate surface area is 233 Å². The number of carbonyl (C=O) groups is 1. The SMILES string of the molecule is CCOc1cc(C2c3c(oc4ccc(Cl)cc4c3=O)C(=O)N2Cc2ccc(C)cc2)ccc1OCCC(C)C. The van der Waals surface area contributed by atoms with Crippen LogP contribution in [0.1, 0.15) is 66.0 Å². The summed E-state index contributed by atoms with van der Waals surface area (Å²) in [6, 6.07) is 17.8. The molecule has 0 fully saturated rings. The first-order chi connectivity index (χ1) is 18.8. The van der Waals surface area contributed by atoms with Crippen LogP contribution in [0.25, 0.3) is 11.0 Å². The van der Waals surface area contributed by atoms with Crippen LogP contribution in [0.4, 0.5) is 0 Å². The van der Waals surface area contributed by atoms with Crippen molar-refractivity contribution < 1.29 is 18.7 Å². The zero-order chi connectivity index (χ0) is 27.7. The monoisotopic (exact) mass is 545 g/mol. The molecule has 4 aromatic rings. The number of ether oxygens (including phenoxy) is 2. The van der Waals surface area contributed by atoms with Gasteiger partial charge in [0.1, 0.15) is 5.58 Å². The number of aryl methyl sites for hydroxylation is 1. The van der Waals surface area contributed by atoms with Crippen LogP contribution >= 0.6 is 11.6 Å². The zero-order valence-electron chi connectivity index (χ0n) is 22.6. The average molecular weight is 546 g/mol. The van der Waals surface area contributed by atoms with Crippen molar-refractivity contribution in [3.63, 3.8) is 0 Å². The molecule has 1 aliphatic rings. The van der Waals surface area contributed by atoms with Crippen LogP contribution in [0, 0.1) is 12.8 Å². The lowest BCUT2D eigenvalue weighted by atomic mass is 9.97. The first kappa shape index (κ1) is 26.8. The van der Waals surface area contributed by atoms with Crippen molar-refractivity contribution in [2.24, 2.45) is 5.92 Å². The molecule has 1 unspecified atom stereocenters. The number of rotatable bonds is 9. The number of fused-ring (bicyclic) bond motifs is 2. The molecule has 0 saturated heterocycles. The van der Waals surface area contributed by atoms with E-state index in [2.05, 4.69) is 13.8 Å². The van der Waals surface area contributed by atoms with Crippen molar-refractivity contribution in [2.75, 3.05) is 13.2 Å². The van der Waals surface area contributed by atoms with Gasteiger partial charge in [0.15, 0.2) is 16.9 Å². The Balaban J connectivity index is 1.64. The number of nitrogens with zero attached hydrogens (tertiary/aromatic N) is 1. The van der Waals surface area contributed by atoms with Gasteiger partial charge in [-0.15, -0.1) is 0 Å². The average Bonchev–Trinajstić information content (AvgIpc) is 3.18. The van der Waals surface area contributed by atoms with Gasteiger partial charge < -0.3 is 18.8 Å². The molecule has 0 radical (unpaired) electrons. The third kappa shape index (κ3) is 5.39. The lowest BCUT2D eigenvalue weighted by Gasteiger charge is -2.26. The van der Waals surface area contributed by atoms with Crippen LogP contribution < -0.4 is 14.9 Å². The Morgan fingerprint density at radius 1 is 0.974 bits per heavy atom. The molecule has 0 N–H and O–H groups in total. The van der Waals surface area contributed by atoms with Gasteiger partial charge in [0.25, 0.3) is 5.91 Å². The lowest BCUT2D eigenvalue weighted by molar-refractivity contribution is 0.0714. The lowest BCUT2D eigenvalue weighted by Crippen LogP contribution is -2.29. The number of carbonyl (C=O) groups excluding carboxylic acids is 1. The van der Waals surface area contributed by atoms with Crippen LogP contribution in [0.15, 0.2) is 69.9 Å². The second-order valence-corrected chi connectivity index (χ2v) is 10.7. The molecule has 39 heavy (non-hydrogen) atoms. The van der Waals surface area contributed by atoms with Crippen molar-refractivity contribution in [1.82, 2.24) is 4.90 Å². The van der Waals surface area contributed by atoms with E-state index in [1.54, 1.807) is 23.1 Å². The second-order valence-electron chi connectivity index (χ2n) is 10.3. The maximum Gasteiger partial charge on any atom is 0.291 e. The van der Waals surface area contributed by atoms with E-state index in [0.717, 1.165) is 23.1 Å². The third-order valence-electron chi connectivity index (χ3n) is 6.94. The molecule has 1 amide bonds. The van der Waals surface area contributed by atoms with Gasteiger partial charge in [-0.3, -0.25) is 9.59 Å². The molecule has 202 valence electrons. The van der Waals surface area contributed by atoms with Crippen molar-refractivity contribution in [2.45, 2.75) is 46.7 Å². The largest absolute Gasteiger partial charge is 0.490 e. The zero-order valence-corrected chi connectivity index (χ0v) is 23.4. The summed E-state index contributed by atoms with van der Waals surface area (Å²) in [5.74, 6) is 1.44. The van der Waals surface area contributed by atoms with Gasteiger partial charge in [0.2, 0.25) is 5.76 Å². The molecule has 2 heterocycles. The smallest absolute Gasteiger partial charge is 0.291 e. The normalized spacial score (nSPS) is 14.8. The van der Waals surface area contributed by atoms with Crippen LogP contribution in [-0.4, -0.2) is 24.0 Å². The second kappa shape index (κ2) is 11.1. The Morgan fingerprint density at radius 2 is 1.74 bits per heavy atom.